The molecule has 0 spiro atoms. The molecule has 172 valence electrons. The lowest BCUT2D eigenvalue weighted by molar-refractivity contribution is 0.429. The van der Waals surface area contributed by atoms with E-state index in [1.54, 1.807) is 16.7 Å². The average Bonchev–Trinajstić information content (AvgIpc) is 3.59. The van der Waals surface area contributed by atoms with Crippen molar-refractivity contribution in [3.05, 3.63) is 58.7 Å². The molecule has 0 saturated heterocycles. The quantitative estimate of drug-likeness (QED) is 0.291. The second kappa shape index (κ2) is 10.5. The maximum Gasteiger partial charge on any atom is 0.0451 e. The van der Waals surface area contributed by atoms with Crippen molar-refractivity contribution in [2.45, 2.75) is 111 Å². The maximum atomic E-state index is 4.53. The monoisotopic (exact) mass is 421 g/mol. The highest BCUT2D eigenvalue weighted by atomic mass is 14.9. The van der Waals surface area contributed by atoms with Gasteiger partial charge in [0.2, 0.25) is 0 Å². The predicted octanol–water partition coefficient (Wildman–Crippen LogP) is 8.46. The molecule has 0 bridgehead atoms. The summed E-state index contributed by atoms with van der Waals surface area (Å²) in [4.78, 5) is 0. The largest absolute Gasteiger partial charge is 0.301 e. The SMILES string of the molecule is C=C(/C(C)=C\[C@@H]1C=C(C(C)(C)CC)C(CCC2CC2)=CC(C)N1)[C@H]1CC=C(CC)CC1. The van der Waals surface area contributed by atoms with E-state index in [1.807, 2.05) is 0 Å². The molecule has 31 heavy (non-hydrogen) atoms. The Morgan fingerprint density at radius 2 is 1.94 bits per heavy atom. The molecule has 1 heterocycles. The van der Waals surface area contributed by atoms with Crippen LogP contribution in [-0.4, -0.2) is 12.1 Å². The van der Waals surface area contributed by atoms with E-state index in [0.717, 1.165) is 5.92 Å². The van der Waals surface area contributed by atoms with E-state index in [2.05, 4.69) is 77.7 Å². The molecule has 1 saturated carbocycles. The molecule has 1 heteroatoms. The van der Waals surface area contributed by atoms with Gasteiger partial charge in [-0.15, -0.1) is 0 Å². The van der Waals surface area contributed by atoms with Crippen LogP contribution in [0.5, 0.6) is 0 Å². The fraction of sp³-hybridized carbons (Fsp3) is 0.667. The zero-order valence-electron chi connectivity index (χ0n) is 21.2. The molecule has 0 amide bonds. The first-order chi connectivity index (χ1) is 14.7. The van der Waals surface area contributed by atoms with Gasteiger partial charge in [-0.2, -0.15) is 0 Å². The number of hydrogen-bond acceptors (Lipinski definition) is 1. The Morgan fingerprint density at radius 1 is 1.19 bits per heavy atom. The topological polar surface area (TPSA) is 12.0 Å². The molecule has 1 fully saturated rings. The molecule has 3 rings (SSSR count). The Bertz CT molecular complexity index is 768. The molecule has 0 radical (unpaired) electrons. The van der Waals surface area contributed by atoms with Gasteiger partial charge in [0.25, 0.3) is 0 Å². The van der Waals surface area contributed by atoms with E-state index < -0.39 is 0 Å². The Hall–Kier alpha value is -1.34. The van der Waals surface area contributed by atoms with Gasteiger partial charge in [-0.25, -0.2) is 0 Å². The van der Waals surface area contributed by atoms with Gasteiger partial charge >= 0.3 is 0 Å². The first kappa shape index (κ1) is 24.3. The summed E-state index contributed by atoms with van der Waals surface area (Å²) in [5.41, 5.74) is 7.72. The van der Waals surface area contributed by atoms with Crippen molar-refractivity contribution < 1.29 is 0 Å². The van der Waals surface area contributed by atoms with Crippen molar-refractivity contribution in [1.82, 2.24) is 5.32 Å². The number of rotatable bonds is 9. The Kier molecular flexibility index (Phi) is 8.25. The van der Waals surface area contributed by atoms with Crippen molar-refractivity contribution in [3.8, 4) is 0 Å². The van der Waals surface area contributed by atoms with Crippen LogP contribution in [0.4, 0.5) is 0 Å². The molecule has 3 aliphatic rings. The normalized spacial score (nSPS) is 27.9. The van der Waals surface area contributed by atoms with Crippen LogP contribution in [0.2, 0.25) is 0 Å². The smallest absolute Gasteiger partial charge is 0.0451 e. The molecule has 1 aliphatic heterocycles. The van der Waals surface area contributed by atoms with Crippen LogP contribution in [0.3, 0.4) is 0 Å². The second-order valence-corrected chi connectivity index (χ2v) is 11.0. The van der Waals surface area contributed by atoms with E-state index in [4.69, 9.17) is 0 Å². The molecule has 2 aliphatic carbocycles. The van der Waals surface area contributed by atoms with Crippen LogP contribution < -0.4 is 5.32 Å². The molecular formula is C30H47N. The van der Waals surface area contributed by atoms with Crippen molar-refractivity contribution in [2.24, 2.45) is 17.3 Å². The van der Waals surface area contributed by atoms with Gasteiger partial charge in [-0.05, 0) is 92.8 Å². The Balaban J connectivity index is 1.80. The summed E-state index contributed by atoms with van der Waals surface area (Å²) >= 11 is 0. The van der Waals surface area contributed by atoms with Crippen LogP contribution in [-0.2, 0) is 0 Å². The van der Waals surface area contributed by atoms with E-state index in [0.29, 0.717) is 12.0 Å². The van der Waals surface area contributed by atoms with Gasteiger partial charge in [0.1, 0.15) is 0 Å². The zero-order chi connectivity index (χ0) is 22.6. The zero-order valence-corrected chi connectivity index (χ0v) is 21.2. The van der Waals surface area contributed by atoms with Crippen molar-refractivity contribution in [3.63, 3.8) is 0 Å². The summed E-state index contributed by atoms with van der Waals surface area (Å²) in [5.74, 6) is 1.59. The van der Waals surface area contributed by atoms with E-state index in [-0.39, 0.29) is 11.5 Å². The minimum atomic E-state index is 0.211. The van der Waals surface area contributed by atoms with Crippen molar-refractivity contribution in [2.75, 3.05) is 0 Å². The summed E-state index contributed by atoms with van der Waals surface area (Å²) in [6.07, 6.45) is 21.5. The first-order valence-corrected chi connectivity index (χ1v) is 13.0. The average molecular weight is 422 g/mol. The highest BCUT2D eigenvalue weighted by Crippen LogP contribution is 2.42. The third-order valence-electron chi connectivity index (χ3n) is 8.12. The standard InChI is InChI=1S/C30H47N/c1-8-24-12-15-26(16-13-24)23(5)21(3)18-28-20-29(30(6,7)9-2)27(19-22(4)31-28)17-14-25-10-11-25/h12,18-20,22,25-26,28,31H,5,8-11,13-17H2,1-4,6-7H3/b21-18-/t22?,26-,28+/m0/s1. The third-order valence-corrected chi connectivity index (χ3v) is 8.12. The highest BCUT2D eigenvalue weighted by molar-refractivity contribution is 5.42. The third kappa shape index (κ3) is 6.58. The van der Waals surface area contributed by atoms with Crippen LogP contribution in [0.1, 0.15) is 99.3 Å². The van der Waals surface area contributed by atoms with Crippen LogP contribution in [0.15, 0.2) is 58.7 Å². The number of hydrogen-bond donors (Lipinski definition) is 1. The minimum absolute atomic E-state index is 0.211. The second-order valence-electron chi connectivity index (χ2n) is 11.0. The fourth-order valence-electron chi connectivity index (χ4n) is 5.23. The molecule has 0 aromatic rings. The summed E-state index contributed by atoms with van der Waals surface area (Å²) in [5, 5.41) is 3.86. The van der Waals surface area contributed by atoms with Gasteiger partial charge in [0.05, 0.1) is 0 Å². The molecule has 1 N–H and O–H groups in total. The van der Waals surface area contributed by atoms with Gasteiger partial charge in [-0.3, -0.25) is 0 Å². The van der Waals surface area contributed by atoms with E-state index in [9.17, 15) is 0 Å². The fourth-order valence-corrected chi connectivity index (χ4v) is 5.23. The number of nitrogens with one attached hydrogen (secondary N) is 1. The van der Waals surface area contributed by atoms with Gasteiger partial charge in [0.15, 0.2) is 0 Å². The van der Waals surface area contributed by atoms with Gasteiger partial charge < -0.3 is 5.32 Å². The van der Waals surface area contributed by atoms with Gasteiger partial charge in [-0.1, -0.05) is 82.6 Å². The van der Waals surface area contributed by atoms with Crippen LogP contribution in [0, 0.1) is 17.3 Å². The maximum absolute atomic E-state index is 4.53. The molecular weight excluding hydrogens is 374 g/mol. The summed E-state index contributed by atoms with van der Waals surface area (Å²) < 4.78 is 0. The van der Waals surface area contributed by atoms with Gasteiger partial charge in [0, 0.05) is 12.1 Å². The lowest BCUT2D eigenvalue weighted by Gasteiger charge is -2.29. The van der Waals surface area contributed by atoms with E-state index >= 15 is 0 Å². The van der Waals surface area contributed by atoms with Crippen LogP contribution >= 0.6 is 0 Å². The lowest BCUT2D eigenvalue weighted by Crippen LogP contribution is -2.32. The van der Waals surface area contributed by atoms with E-state index in [1.165, 1.54) is 68.9 Å². The molecule has 3 atom stereocenters. The minimum Gasteiger partial charge on any atom is -0.301 e. The van der Waals surface area contributed by atoms with Crippen molar-refractivity contribution in [1.29, 1.82) is 0 Å². The lowest BCUT2D eigenvalue weighted by atomic mass is 9.75. The summed E-state index contributed by atoms with van der Waals surface area (Å²) in [6.45, 7) is 18.6. The molecule has 0 aromatic heterocycles. The summed E-state index contributed by atoms with van der Waals surface area (Å²) in [6, 6.07) is 0.662. The van der Waals surface area contributed by atoms with Crippen molar-refractivity contribution >= 4 is 0 Å². The molecule has 0 aromatic carbocycles. The first-order valence-electron chi connectivity index (χ1n) is 13.0. The summed E-state index contributed by atoms with van der Waals surface area (Å²) in [7, 11) is 0. The Labute approximate surface area is 192 Å². The molecule has 1 nitrogen and oxygen atoms in total. The van der Waals surface area contributed by atoms with Crippen LogP contribution in [0.25, 0.3) is 0 Å². The molecule has 1 unspecified atom stereocenters. The Morgan fingerprint density at radius 3 is 2.52 bits per heavy atom. The predicted molar refractivity (Wildman–Crippen MR) is 137 cm³/mol. The highest BCUT2D eigenvalue weighted by Gasteiger charge is 2.29. The number of allylic oxidation sites excluding steroid dienone is 6.